The summed E-state index contributed by atoms with van der Waals surface area (Å²) in [6.45, 7) is 0. The predicted molar refractivity (Wildman–Crippen MR) is 211 cm³/mol. The molecule has 0 unspecified atom stereocenters. The molecule has 33 heteroatoms. The fraction of sp³-hybridized carbons (Fsp3) is 0.0588. The van der Waals surface area contributed by atoms with Crippen molar-refractivity contribution in [3.05, 3.63) is 98.5 Å². The van der Waals surface area contributed by atoms with E-state index in [1.54, 1.807) is 0 Å². The first-order valence-electron chi connectivity index (χ1n) is 16.5. The van der Waals surface area contributed by atoms with E-state index in [4.69, 9.17) is 9.47 Å². The average Bonchev–Trinajstić information content (AvgIpc) is 3.18. The van der Waals surface area contributed by atoms with E-state index in [2.05, 4.69) is 25.8 Å². The van der Waals surface area contributed by atoms with Crippen molar-refractivity contribution >= 4 is 98.4 Å². The first kappa shape index (κ1) is 58.6. The molecule has 67 heavy (non-hydrogen) atoms. The number of Topliss-reactive ketones (excluding diaryl/α,β-unsaturated/α-hetero) is 2. The van der Waals surface area contributed by atoms with Crippen molar-refractivity contribution in [3.63, 3.8) is 0 Å². The van der Waals surface area contributed by atoms with Gasteiger partial charge in [0.2, 0.25) is 11.6 Å². The van der Waals surface area contributed by atoms with E-state index in [1.807, 2.05) is 0 Å². The molecule has 0 aromatic heterocycles. The Morgan fingerprint density at radius 2 is 1.12 bits per heavy atom. The summed E-state index contributed by atoms with van der Waals surface area (Å²) < 4.78 is 152. The number of aromatic hydroxyl groups is 2. The molecule has 0 atom stereocenters. The number of anilines is 2. The van der Waals surface area contributed by atoms with E-state index in [0.717, 1.165) is 20.3 Å². The van der Waals surface area contributed by atoms with E-state index in [9.17, 15) is 76.9 Å². The van der Waals surface area contributed by atoms with Gasteiger partial charge in [0.15, 0.2) is 5.71 Å². The van der Waals surface area contributed by atoms with Gasteiger partial charge in [-0.05, 0) is 71.8 Å². The Morgan fingerprint density at radius 1 is 0.627 bits per heavy atom. The summed E-state index contributed by atoms with van der Waals surface area (Å²) in [4.78, 5) is 22.0. The van der Waals surface area contributed by atoms with E-state index in [-0.39, 0.29) is 110 Å². The van der Waals surface area contributed by atoms with Crippen LogP contribution in [0.2, 0.25) is 0 Å². The first-order chi connectivity index (χ1) is 29.2. The maximum atomic E-state index is 13.3. The molecule has 25 nitrogen and oxygen atoms in total. The molecule has 3 aromatic rings. The molecule has 330 valence electrons. The number of hydrazone groups is 2. The van der Waals surface area contributed by atoms with Crippen LogP contribution in [0.4, 0.5) is 11.4 Å². The van der Waals surface area contributed by atoms with Crippen molar-refractivity contribution in [2.75, 3.05) is 24.8 Å². The normalized spacial score (nSPS) is 17.1. The van der Waals surface area contributed by atoms with E-state index in [0.29, 0.717) is 41.6 Å². The zero-order valence-electron chi connectivity index (χ0n) is 35.2. The van der Waals surface area contributed by atoms with Crippen LogP contribution in [0.1, 0.15) is 31.8 Å². The number of ketones is 2. The number of phenolic OH excluding ortho intramolecular Hbond substituents is 2. The van der Waals surface area contributed by atoms with Gasteiger partial charge in [0.25, 0.3) is 0 Å². The van der Waals surface area contributed by atoms with Gasteiger partial charge in [-0.15, -0.1) is 20.5 Å². The fourth-order valence-electron chi connectivity index (χ4n) is 5.81. The first-order valence-corrected chi connectivity index (χ1v) is 22.2. The molecule has 0 radical (unpaired) electrons. The van der Waals surface area contributed by atoms with Crippen LogP contribution in [0.25, 0.3) is 12.2 Å². The van der Waals surface area contributed by atoms with Crippen molar-refractivity contribution in [1.82, 2.24) is 0 Å². The zero-order valence-corrected chi connectivity index (χ0v) is 38.4. The monoisotopic (exact) mass is 974 g/mol. The SMILES string of the molecule is COC1=CC(=N/N(O)c2ccc(N/N=C3/C(=O)c4c(O)cc(S(=O)(=O)[O-])cc4C=C3S(=O)(=O)[O-])c(OC)c2)/C=CC/1=N/N=C1\C(=O)c2c(O)cc(S(=O)(=O)[O-])cc2C=C1S(=O)(=O)[O-].[Li+].[Li+].[Li+].[Li+]. The summed E-state index contributed by atoms with van der Waals surface area (Å²) in [5, 5.41) is 46.9. The van der Waals surface area contributed by atoms with Gasteiger partial charge in [0.1, 0.15) is 74.9 Å². The van der Waals surface area contributed by atoms with Crippen LogP contribution in [0.3, 0.4) is 0 Å². The molecule has 0 aliphatic heterocycles. The van der Waals surface area contributed by atoms with Gasteiger partial charge in [-0.3, -0.25) is 20.2 Å². The Labute approximate surface area is 427 Å². The molecule has 3 aliphatic rings. The van der Waals surface area contributed by atoms with E-state index in [1.165, 1.54) is 30.4 Å². The summed E-state index contributed by atoms with van der Waals surface area (Å²) in [5.41, 5.74) is -2.76. The summed E-state index contributed by atoms with van der Waals surface area (Å²) in [6.07, 6.45) is 4.64. The fourth-order valence-corrected chi connectivity index (χ4v) is 8.15. The Morgan fingerprint density at radius 3 is 1.58 bits per heavy atom. The Bertz CT molecular complexity index is 3320. The molecule has 3 aromatic carbocycles. The van der Waals surface area contributed by atoms with Crippen LogP contribution in [0.5, 0.6) is 17.2 Å². The molecule has 0 spiro atoms. The van der Waals surface area contributed by atoms with Gasteiger partial charge in [0.05, 0.1) is 62.0 Å². The third-order valence-electron chi connectivity index (χ3n) is 8.62. The number of ether oxygens (including phenoxy) is 2. The summed E-state index contributed by atoms with van der Waals surface area (Å²) in [5.74, 6) is -5.08. The maximum absolute atomic E-state index is 13.3. The second kappa shape index (κ2) is 21.8. The van der Waals surface area contributed by atoms with E-state index < -0.39 is 117 Å². The number of carbonyl (C=O) groups is 2. The third-order valence-corrected chi connectivity index (χ3v) is 11.9. The molecule has 0 fully saturated rings. The predicted octanol–water partition coefficient (Wildman–Crippen LogP) is -11.3. The smallest absolute Gasteiger partial charge is 0.744 e. The Balaban J connectivity index is 0.00000385. The van der Waals surface area contributed by atoms with Crippen molar-refractivity contribution < 1.29 is 162 Å². The van der Waals surface area contributed by atoms with Crippen LogP contribution >= 0.6 is 0 Å². The minimum Gasteiger partial charge on any atom is -0.744 e. The van der Waals surface area contributed by atoms with Crippen LogP contribution in [0, 0.1) is 0 Å². The number of nitrogens with one attached hydrogen (secondary N) is 1. The molecule has 0 amide bonds. The largest absolute Gasteiger partial charge is 1.00 e. The number of carbonyl (C=O) groups excluding carboxylic acids is 2. The number of methoxy groups -OCH3 is 2. The molecule has 4 N–H and O–H groups in total. The molecule has 0 heterocycles. The average molecular weight is 975 g/mol. The summed E-state index contributed by atoms with van der Waals surface area (Å²) >= 11 is 0. The van der Waals surface area contributed by atoms with Gasteiger partial charge < -0.3 is 37.9 Å². The molecule has 0 saturated heterocycles. The summed E-state index contributed by atoms with van der Waals surface area (Å²) in [7, 11) is -19.1. The van der Waals surface area contributed by atoms with Gasteiger partial charge in [-0.1, -0.05) is 0 Å². The van der Waals surface area contributed by atoms with Gasteiger partial charge in [-0.2, -0.15) is 5.10 Å². The topological polar surface area (TPSA) is 407 Å². The second-order valence-electron chi connectivity index (χ2n) is 12.6. The molecular formula is C34H22Li4N6O19S4. The number of rotatable bonds is 11. The van der Waals surface area contributed by atoms with Crippen LogP contribution in [-0.4, -0.2) is 116 Å². The maximum Gasteiger partial charge on any atom is 1.00 e. The number of hydrogen-bond acceptors (Lipinski definition) is 25. The minimum absolute atomic E-state index is 0. The van der Waals surface area contributed by atoms with Crippen LogP contribution in [-0.2, 0) is 45.2 Å². The number of benzene rings is 3. The van der Waals surface area contributed by atoms with E-state index >= 15 is 0 Å². The Kier molecular flexibility index (Phi) is 19.1. The van der Waals surface area contributed by atoms with Crippen LogP contribution < -0.4 is 90.8 Å². The number of fused-ring (bicyclic) bond motifs is 2. The number of allylic oxidation sites excluding steroid dienone is 5. The van der Waals surface area contributed by atoms with Gasteiger partial charge in [-0.25, -0.2) is 33.7 Å². The molecular weight excluding hydrogens is 952 g/mol. The quantitative estimate of drug-likeness (QED) is 0.0600. The summed E-state index contributed by atoms with van der Waals surface area (Å²) in [6, 6.07) is 5.65. The molecule has 0 saturated carbocycles. The van der Waals surface area contributed by atoms with Gasteiger partial charge in [0, 0.05) is 12.1 Å². The molecule has 3 aliphatic carbocycles. The molecule has 0 bridgehead atoms. The molecule has 6 rings (SSSR count). The van der Waals surface area contributed by atoms with Crippen molar-refractivity contribution in [2.45, 2.75) is 9.79 Å². The van der Waals surface area contributed by atoms with Gasteiger partial charge >= 0.3 is 75.4 Å². The third kappa shape index (κ3) is 12.6. The Hall–Kier alpha value is -4.57. The van der Waals surface area contributed by atoms with Crippen molar-refractivity contribution in [2.24, 2.45) is 20.4 Å². The van der Waals surface area contributed by atoms with Crippen molar-refractivity contribution in [3.8, 4) is 17.2 Å². The number of nitrogens with zero attached hydrogens (tertiary/aromatic N) is 5. The van der Waals surface area contributed by atoms with Crippen LogP contribution in [0.15, 0.2) is 106 Å². The zero-order chi connectivity index (χ0) is 46.6. The second-order valence-corrected chi connectivity index (χ2v) is 18.0. The number of hydrogen-bond donors (Lipinski definition) is 4. The van der Waals surface area contributed by atoms with Crippen molar-refractivity contribution in [1.29, 1.82) is 0 Å². The standard InChI is InChI=1S/C34H26N6O19S4.4Li/c1-58-25-11-17(3-5-21(25)35-37-31-27(62(52,53)54)9-15-7-19(60(46,47)48)13-23(41)29(15)33(31)43)39-40(45)18-4-6-22(26(12-18)59-2)36-38-32-28(63(55,56)57)10-16-8-20(61(49,50)51)14-24(42)30(16)34(32)44;;;;/h3-14,36,41-42,45H,1-2H3,(H,46,47,48)(H,49,50,51)(H,52,53,54)(H,55,56,57);;;;/q;4*+1/p-4/b35-21-,37-31-,38-32+,39-17+;;;;. The number of phenols is 2. The minimum atomic E-state index is -5.51.